The number of nitrogens with two attached hydrogens (primary N) is 2. The first-order valence-corrected chi connectivity index (χ1v) is 12.9. The van der Waals surface area contributed by atoms with Crippen LogP contribution < -0.4 is 22.5 Å². The van der Waals surface area contributed by atoms with Gasteiger partial charge in [-0.15, -0.1) is 0 Å². The Hall–Kier alpha value is -3.28. The molecule has 2 aliphatic heterocycles. The molecule has 198 valence electrons. The van der Waals surface area contributed by atoms with E-state index < -0.39 is 11.2 Å². The highest BCUT2D eigenvalue weighted by Gasteiger charge is 2.54. The number of hydrogen-bond acceptors (Lipinski definition) is 7. The van der Waals surface area contributed by atoms with Gasteiger partial charge in [0, 0.05) is 57.5 Å². The van der Waals surface area contributed by atoms with E-state index in [-0.39, 0.29) is 17.8 Å². The minimum absolute atomic E-state index is 0.141. The molecule has 0 radical (unpaired) electrons. The lowest BCUT2D eigenvalue weighted by atomic mass is 10.1. The predicted molar refractivity (Wildman–Crippen MR) is 140 cm³/mol. The molecule has 3 aliphatic rings. The molecule has 3 fully saturated rings. The van der Waals surface area contributed by atoms with E-state index in [9.17, 15) is 14.4 Å². The topological polar surface area (TPSA) is 143 Å². The van der Waals surface area contributed by atoms with Crippen LogP contribution in [0.4, 0.5) is 10.6 Å². The molecule has 2 unspecified atom stereocenters. The number of amides is 3. The number of piperazine rings is 1. The number of anilines is 1. The summed E-state index contributed by atoms with van der Waals surface area (Å²) >= 11 is 0. The number of nitrogens with one attached hydrogen (secondary N) is 1. The Morgan fingerprint density at radius 3 is 2.19 bits per heavy atom. The molecule has 1 aromatic heterocycles. The smallest absolute Gasteiger partial charge is 0.338 e. The standard InChI is InChI=1S/C26H36N8O3/c1-16(33-14-19-20(15-33)22(19)27)17-4-6-18(7-5-17)34-9-8-21(30-25(34)37)29-24(36)32-12-10-31(11-13-32)23(35)26(2,3)28/h4-9,16,19-20,22H,10-15,27-28H2,1-3H3,(H,29,30,36,37)/t16?,19-,20+,22?. The predicted octanol–water partition coefficient (Wildman–Crippen LogP) is 0.596. The summed E-state index contributed by atoms with van der Waals surface area (Å²) in [5, 5.41) is 2.69. The molecule has 3 heterocycles. The fourth-order valence-corrected chi connectivity index (χ4v) is 5.42. The Balaban J connectivity index is 1.17. The fraction of sp³-hybridized carbons (Fsp3) is 0.538. The number of benzene rings is 1. The second-order valence-corrected chi connectivity index (χ2v) is 11.0. The Bertz CT molecular complexity index is 1220. The molecule has 2 aromatic rings. The van der Waals surface area contributed by atoms with Crippen molar-refractivity contribution in [3.63, 3.8) is 0 Å². The minimum Gasteiger partial charge on any atom is -0.338 e. The molecule has 1 aliphatic carbocycles. The quantitative estimate of drug-likeness (QED) is 0.537. The van der Waals surface area contributed by atoms with E-state index in [1.54, 1.807) is 35.9 Å². The second kappa shape index (κ2) is 9.55. The molecule has 4 atom stereocenters. The number of piperidine rings is 1. The van der Waals surface area contributed by atoms with E-state index in [1.807, 2.05) is 24.3 Å². The Labute approximate surface area is 216 Å². The molecule has 5 N–H and O–H groups in total. The van der Waals surface area contributed by atoms with E-state index in [2.05, 4.69) is 22.1 Å². The van der Waals surface area contributed by atoms with Crippen LogP contribution in [0.1, 0.15) is 32.4 Å². The second-order valence-electron chi connectivity index (χ2n) is 11.0. The highest BCUT2D eigenvalue weighted by atomic mass is 16.2. The van der Waals surface area contributed by atoms with E-state index in [1.165, 1.54) is 10.1 Å². The number of fused-ring (bicyclic) bond motifs is 1. The maximum Gasteiger partial charge on any atom is 0.354 e. The molecule has 11 heteroatoms. The summed E-state index contributed by atoms with van der Waals surface area (Å²) in [5.74, 6) is 1.33. The molecule has 1 saturated carbocycles. The monoisotopic (exact) mass is 508 g/mol. The summed E-state index contributed by atoms with van der Waals surface area (Å²) in [7, 11) is 0. The van der Waals surface area contributed by atoms with Crippen LogP contribution in [0.15, 0.2) is 41.3 Å². The van der Waals surface area contributed by atoms with Crippen LogP contribution in [0.3, 0.4) is 0 Å². The largest absolute Gasteiger partial charge is 0.354 e. The highest BCUT2D eigenvalue weighted by molar-refractivity contribution is 5.89. The van der Waals surface area contributed by atoms with Gasteiger partial charge in [0.25, 0.3) is 0 Å². The molecule has 11 nitrogen and oxygen atoms in total. The molecule has 0 bridgehead atoms. The van der Waals surface area contributed by atoms with Gasteiger partial charge in [-0.2, -0.15) is 4.98 Å². The van der Waals surface area contributed by atoms with Crippen molar-refractivity contribution in [2.24, 2.45) is 23.3 Å². The third-order valence-electron chi connectivity index (χ3n) is 7.93. The first kappa shape index (κ1) is 25.4. The maximum absolute atomic E-state index is 12.7. The summed E-state index contributed by atoms with van der Waals surface area (Å²) < 4.78 is 1.45. The van der Waals surface area contributed by atoms with Gasteiger partial charge in [-0.05, 0) is 56.4 Å². The van der Waals surface area contributed by atoms with Crippen molar-refractivity contribution in [3.8, 4) is 5.69 Å². The number of rotatable bonds is 5. The van der Waals surface area contributed by atoms with Crippen molar-refractivity contribution in [3.05, 3.63) is 52.6 Å². The highest BCUT2D eigenvalue weighted by Crippen LogP contribution is 2.46. The van der Waals surface area contributed by atoms with Gasteiger partial charge in [-0.25, -0.2) is 9.59 Å². The molecular weight excluding hydrogens is 472 g/mol. The van der Waals surface area contributed by atoms with Gasteiger partial charge in [-0.3, -0.25) is 19.6 Å². The van der Waals surface area contributed by atoms with Gasteiger partial charge in [-0.1, -0.05) is 12.1 Å². The zero-order chi connectivity index (χ0) is 26.5. The van der Waals surface area contributed by atoms with Gasteiger partial charge in [0.1, 0.15) is 5.82 Å². The zero-order valence-electron chi connectivity index (χ0n) is 21.6. The van der Waals surface area contributed by atoms with E-state index in [0.717, 1.165) is 13.1 Å². The normalized spacial score (nSPS) is 24.5. The lowest BCUT2D eigenvalue weighted by Crippen LogP contribution is -2.58. The number of carbonyl (C=O) groups excluding carboxylic acids is 2. The number of hydrogen-bond donors (Lipinski definition) is 3. The first-order valence-electron chi connectivity index (χ1n) is 12.9. The third-order valence-corrected chi connectivity index (χ3v) is 7.93. The summed E-state index contributed by atoms with van der Waals surface area (Å²) in [4.78, 5) is 47.5. The minimum atomic E-state index is -0.945. The van der Waals surface area contributed by atoms with Crippen LogP contribution >= 0.6 is 0 Å². The van der Waals surface area contributed by atoms with Crippen molar-refractivity contribution in [2.75, 3.05) is 44.6 Å². The van der Waals surface area contributed by atoms with E-state index in [0.29, 0.717) is 55.8 Å². The number of likely N-dealkylation sites (tertiary alicyclic amines) is 1. The van der Waals surface area contributed by atoms with Gasteiger partial charge >= 0.3 is 11.7 Å². The lowest BCUT2D eigenvalue weighted by molar-refractivity contribution is -0.137. The summed E-state index contributed by atoms with van der Waals surface area (Å²) in [6.07, 6.45) is 1.61. The summed E-state index contributed by atoms with van der Waals surface area (Å²) in [5.41, 5.74) is 12.4. The van der Waals surface area contributed by atoms with Crippen LogP contribution in [0.5, 0.6) is 0 Å². The molecule has 0 spiro atoms. The third kappa shape index (κ3) is 5.11. The van der Waals surface area contributed by atoms with Crippen molar-refractivity contribution in [1.29, 1.82) is 0 Å². The summed E-state index contributed by atoms with van der Waals surface area (Å²) in [6.45, 7) is 9.20. The average Bonchev–Trinajstić information content (AvgIpc) is 3.26. The van der Waals surface area contributed by atoms with E-state index in [4.69, 9.17) is 11.5 Å². The van der Waals surface area contributed by atoms with E-state index >= 15 is 0 Å². The van der Waals surface area contributed by atoms with Crippen LogP contribution in [0.2, 0.25) is 0 Å². The van der Waals surface area contributed by atoms with Gasteiger partial charge in [0.15, 0.2) is 0 Å². The fourth-order valence-electron chi connectivity index (χ4n) is 5.42. The van der Waals surface area contributed by atoms with Gasteiger partial charge in [0.2, 0.25) is 5.91 Å². The molecule has 5 rings (SSSR count). The van der Waals surface area contributed by atoms with Crippen LogP contribution in [0.25, 0.3) is 5.69 Å². The summed E-state index contributed by atoms with van der Waals surface area (Å²) in [6, 6.07) is 9.84. The van der Waals surface area contributed by atoms with Crippen LogP contribution in [-0.4, -0.2) is 87.0 Å². The zero-order valence-corrected chi connectivity index (χ0v) is 21.6. The Morgan fingerprint density at radius 2 is 1.62 bits per heavy atom. The molecule has 1 aromatic carbocycles. The number of urea groups is 1. The van der Waals surface area contributed by atoms with Crippen molar-refractivity contribution in [2.45, 2.75) is 38.4 Å². The number of nitrogens with zero attached hydrogens (tertiary/aromatic N) is 5. The van der Waals surface area contributed by atoms with Crippen molar-refractivity contribution >= 4 is 17.8 Å². The number of carbonyl (C=O) groups is 2. The van der Waals surface area contributed by atoms with Crippen LogP contribution in [0, 0.1) is 11.8 Å². The van der Waals surface area contributed by atoms with Crippen molar-refractivity contribution < 1.29 is 9.59 Å². The Kier molecular flexibility index (Phi) is 6.55. The molecular formula is C26H36N8O3. The van der Waals surface area contributed by atoms with Crippen LogP contribution in [-0.2, 0) is 4.79 Å². The maximum atomic E-state index is 12.7. The number of aromatic nitrogens is 2. The molecule has 2 saturated heterocycles. The van der Waals surface area contributed by atoms with Gasteiger partial charge in [0.05, 0.1) is 11.2 Å². The SMILES string of the molecule is CC(c1ccc(-n2ccc(NC(=O)N3CCN(C(=O)C(C)(C)N)CC3)nc2=O)cc1)N1C[C@@H]2C(N)[C@@H]2C1. The average molecular weight is 509 g/mol. The molecule has 3 amide bonds. The van der Waals surface area contributed by atoms with Crippen molar-refractivity contribution in [1.82, 2.24) is 24.3 Å². The lowest BCUT2D eigenvalue weighted by Gasteiger charge is -2.37. The Morgan fingerprint density at radius 1 is 1.03 bits per heavy atom. The van der Waals surface area contributed by atoms with Gasteiger partial charge < -0.3 is 21.3 Å². The molecule has 37 heavy (non-hydrogen) atoms. The first-order chi connectivity index (χ1) is 17.5.